The fourth-order valence-electron chi connectivity index (χ4n) is 3.62. The molecule has 0 radical (unpaired) electrons. The van der Waals surface area contributed by atoms with Gasteiger partial charge in [-0.05, 0) is 63.1 Å². The summed E-state index contributed by atoms with van der Waals surface area (Å²) in [6, 6.07) is 2.08. The van der Waals surface area contributed by atoms with Crippen molar-refractivity contribution in [1.82, 2.24) is 15.3 Å². The molecule has 0 aromatic carbocycles. The number of nitrogens with zero attached hydrogens (tertiary/aromatic N) is 2. The first-order valence-corrected chi connectivity index (χ1v) is 6.82. The summed E-state index contributed by atoms with van der Waals surface area (Å²) in [5, 5.41) is 3.56. The molecule has 3 unspecified atom stereocenters. The highest BCUT2D eigenvalue weighted by atomic mass is 14.9. The number of hydrogen-bond acceptors (Lipinski definition) is 3. The van der Waals surface area contributed by atoms with E-state index in [4.69, 9.17) is 0 Å². The van der Waals surface area contributed by atoms with Gasteiger partial charge in [-0.15, -0.1) is 0 Å². The molecule has 3 heteroatoms. The molecule has 1 saturated heterocycles. The van der Waals surface area contributed by atoms with E-state index in [1.54, 1.807) is 0 Å². The van der Waals surface area contributed by atoms with E-state index < -0.39 is 0 Å². The summed E-state index contributed by atoms with van der Waals surface area (Å²) in [5.74, 6) is 3.55. The zero-order valence-electron chi connectivity index (χ0n) is 10.5. The van der Waals surface area contributed by atoms with Gasteiger partial charge < -0.3 is 5.32 Å². The highest BCUT2D eigenvalue weighted by Gasteiger charge is 2.36. The summed E-state index contributed by atoms with van der Waals surface area (Å²) in [4.78, 5) is 8.73. The molecule has 1 saturated carbocycles. The van der Waals surface area contributed by atoms with Crippen LogP contribution < -0.4 is 5.32 Å². The summed E-state index contributed by atoms with van der Waals surface area (Å²) in [5.41, 5.74) is 1.23. The maximum Gasteiger partial charge on any atom is 0.125 e. The molecule has 3 atom stereocenters. The second-order valence-electron chi connectivity index (χ2n) is 5.57. The average Bonchev–Trinajstić information content (AvgIpc) is 2.78. The predicted octanol–water partition coefficient (Wildman–Crippen LogP) is 1.96. The molecule has 1 N–H and O–H groups in total. The molecular formula is C14H21N3. The van der Waals surface area contributed by atoms with E-state index in [9.17, 15) is 0 Å². The minimum absolute atomic E-state index is 0.832. The summed E-state index contributed by atoms with van der Waals surface area (Å²) in [6.07, 6.45) is 7.25. The number of hydrogen-bond donors (Lipinski definition) is 1. The van der Waals surface area contributed by atoms with E-state index in [0.29, 0.717) is 0 Å². The number of nitrogens with one attached hydrogen (secondary N) is 1. The molecule has 3 nitrogen and oxygen atoms in total. The Labute approximate surface area is 103 Å². The Morgan fingerprint density at radius 1 is 1.35 bits per heavy atom. The summed E-state index contributed by atoms with van der Waals surface area (Å²) in [7, 11) is 0. The lowest BCUT2D eigenvalue weighted by Crippen LogP contribution is -2.29. The van der Waals surface area contributed by atoms with Crippen LogP contribution in [-0.2, 0) is 6.42 Å². The topological polar surface area (TPSA) is 37.8 Å². The van der Waals surface area contributed by atoms with Gasteiger partial charge in [0.2, 0.25) is 0 Å². The van der Waals surface area contributed by atoms with Gasteiger partial charge in [0.1, 0.15) is 5.82 Å². The van der Waals surface area contributed by atoms with E-state index in [1.165, 1.54) is 38.0 Å². The lowest BCUT2D eigenvalue weighted by Gasteiger charge is -2.33. The molecule has 0 amide bonds. The molecule has 1 aliphatic carbocycles. The van der Waals surface area contributed by atoms with Crippen molar-refractivity contribution >= 4 is 0 Å². The Morgan fingerprint density at radius 2 is 2.29 bits per heavy atom. The third kappa shape index (κ3) is 2.34. The molecule has 0 spiro atoms. The molecule has 1 aromatic heterocycles. The molecule has 3 rings (SSSR count). The van der Waals surface area contributed by atoms with Crippen LogP contribution in [0, 0.1) is 24.7 Å². The van der Waals surface area contributed by atoms with Crippen molar-refractivity contribution < 1.29 is 0 Å². The average molecular weight is 231 g/mol. The first-order chi connectivity index (χ1) is 8.33. The molecule has 17 heavy (non-hydrogen) atoms. The monoisotopic (exact) mass is 231 g/mol. The van der Waals surface area contributed by atoms with Crippen molar-refractivity contribution in [2.45, 2.75) is 32.6 Å². The van der Waals surface area contributed by atoms with Gasteiger partial charge in [-0.25, -0.2) is 9.97 Å². The van der Waals surface area contributed by atoms with E-state index in [2.05, 4.69) is 21.4 Å². The standard InChI is InChI=1S/C14H21N3/c1-10-16-6-5-13(17-10)7-11-3-2-4-12-8-15-9-14(11)12/h5-6,11-12,14-15H,2-4,7-9H2,1H3. The van der Waals surface area contributed by atoms with Gasteiger partial charge in [0.15, 0.2) is 0 Å². The Kier molecular flexibility index (Phi) is 3.10. The molecule has 2 fully saturated rings. The fourth-order valence-corrected chi connectivity index (χ4v) is 3.62. The van der Waals surface area contributed by atoms with Crippen LogP contribution in [0.1, 0.15) is 30.8 Å². The first-order valence-electron chi connectivity index (χ1n) is 6.82. The lowest BCUT2D eigenvalue weighted by molar-refractivity contribution is 0.197. The molecule has 2 heterocycles. The Bertz CT molecular complexity index is 391. The Morgan fingerprint density at radius 3 is 3.18 bits per heavy atom. The van der Waals surface area contributed by atoms with Crippen LogP contribution in [0.15, 0.2) is 12.3 Å². The molecule has 1 aromatic rings. The zero-order chi connectivity index (χ0) is 11.7. The Balaban J connectivity index is 1.71. The van der Waals surface area contributed by atoms with Crippen LogP contribution in [0.5, 0.6) is 0 Å². The first kappa shape index (κ1) is 11.1. The molecule has 2 aliphatic rings. The van der Waals surface area contributed by atoms with Gasteiger partial charge in [-0.1, -0.05) is 6.42 Å². The normalized spacial score (nSPS) is 32.4. The maximum atomic E-state index is 4.55. The van der Waals surface area contributed by atoms with Crippen LogP contribution in [0.4, 0.5) is 0 Å². The van der Waals surface area contributed by atoms with Crippen molar-refractivity contribution in [1.29, 1.82) is 0 Å². The van der Waals surface area contributed by atoms with Crippen LogP contribution in [0.3, 0.4) is 0 Å². The van der Waals surface area contributed by atoms with Gasteiger partial charge in [0.05, 0.1) is 0 Å². The van der Waals surface area contributed by atoms with Crippen molar-refractivity contribution in [3.63, 3.8) is 0 Å². The van der Waals surface area contributed by atoms with Crippen molar-refractivity contribution in [2.24, 2.45) is 17.8 Å². The maximum absolute atomic E-state index is 4.55. The number of aryl methyl sites for hydroxylation is 1. The van der Waals surface area contributed by atoms with E-state index >= 15 is 0 Å². The highest BCUT2D eigenvalue weighted by molar-refractivity contribution is 5.04. The quantitative estimate of drug-likeness (QED) is 0.845. The van der Waals surface area contributed by atoms with Crippen molar-refractivity contribution in [2.75, 3.05) is 13.1 Å². The summed E-state index contributed by atoms with van der Waals surface area (Å²) >= 11 is 0. The SMILES string of the molecule is Cc1nccc(CC2CCCC3CNCC32)n1. The predicted molar refractivity (Wildman–Crippen MR) is 67.7 cm³/mol. The number of aromatic nitrogens is 2. The third-order valence-corrected chi connectivity index (χ3v) is 4.45. The summed E-state index contributed by atoms with van der Waals surface area (Å²) < 4.78 is 0. The van der Waals surface area contributed by atoms with Gasteiger partial charge in [-0.2, -0.15) is 0 Å². The smallest absolute Gasteiger partial charge is 0.125 e. The van der Waals surface area contributed by atoms with Crippen LogP contribution >= 0.6 is 0 Å². The van der Waals surface area contributed by atoms with E-state index in [-0.39, 0.29) is 0 Å². The van der Waals surface area contributed by atoms with E-state index in [1.807, 2.05) is 13.1 Å². The van der Waals surface area contributed by atoms with Crippen LogP contribution in [0.2, 0.25) is 0 Å². The van der Waals surface area contributed by atoms with Crippen LogP contribution in [0.25, 0.3) is 0 Å². The van der Waals surface area contributed by atoms with Gasteiger partial charge >= 0.3 is 0 Å². The molecule has 1 aliphatic heterocycles. The largest absolute Gasteiger partial charge is 0.316 e. The van der Waals surface area contributed by atoms with Gasteiger partial charge in [0, 0.05) is 11.9 Å². The van der Waals surface area contributed by atoms with Gasteiger partial charge in [0.25, 0.3) is 0 Å². The number of fused-ring (bicyclic) bond motifs is 1. The van der Waals surface area contributed by atoms with Gasteiger partial charge in [-0.3, -0.25) is 0 Å². The summed E-state index contributed by atoms with van der Waals surface area (Å²) in [6.45, 7) is 4.44. The number of rotatable bonds is 2. The van der Waals surface area contributed by atoms with E-state index in [0.717, 1.165) is 30.0 Å². The molecule has 0 bridgehead atoms. The third-order valence-electron chi connectivity index (χ3n) is 4.45. The second kappa shape index (κ2) is 4.73. The molecular weight excluding hydrogens is 210 g/mol. The second-order valence-corrected chi connectivity index (χ2v) is 5.57. The Hall–Kier alpha value is -0.960. The van der Waals surface area contributed by atoms with Crippen molar-refractivity contribution in [3.05, 3.63) is 23.8 Å². The zero-order valence-corrected chi connectivity index (χ0v) is 10.5. The van der Waals surface area contributed by atoms with Crippen LogP contribution in [-0.4, -0.2) is 23.1 Å². The minimum Gasteiger partial charge on any atom is -0.316 e. The van der Waals surface area contributed by atoms with Crippen molar-refractivity contribution in [3.8, 4) is 0 Å². The molecule has 92 valence electrons. The lowest BCUT2D eigenvalue weighted by atomic mass is 9.72. The fraction of sp³-hybridized carbons (Fsp3) is 0.714. The highest BCUT2D eigenvalue weighted by Crippen LogP contribution is 2.38. The minimum atomic E-state index is 0.832.